The minimum atomic E-state index is -0.799. The lowest BCUT2D eigenvalue weighted by Gasteiger charge is -2.29. The van der Waals surface area contributed by atoms with E-state index in [0.717, 1.165) is 0 Å². The molecule has 0 spiro atoms. The van der Waals surface area contributed by atoms with Crippen molar-refractivity contribution in [1.82, 2.24) is 10.6 Å². The van der Waals surface area contributed by atoms with Gasteiger partial charge in [0.05, 0.1) is 29.3 Å². The number of nitro benzene ring substituents is 1. The van der Waals surface area contributed by atoms with Crippen LogP contribution in [0.1, 0.15) is 17.2 Å². The molecule has 0 aliphatic carbocycles. The number of urea groups is 1. The van der Waals surface area contributed by atoms with E-state index >= 15 is 0 Å². The van der Waals surface area contributed by atoms with Crippen molar-refractivity contribution in [3.05, 3.63) is 81.4 Å². The molecule has 3 rings (SSSR count). The second kappa shape index (κ2) is 7.06. The minimum Gasteiger partial charge on any atom is -0.466 e. The fourth-order valence-electron chi connectivity index (χ4n) is 2.77. The molecule has 1 heterocycles. The Balaban J connectivity index is 2.14. The van der Waals surface area contributed by atoms with Crippen molar-refractivity contribution < 1.29 is 19.2 Å². The molecular formula is C18H15N3O5. The third kappa shape index (κ3) is 3.25. The summed E-state index contributed by atoms with van der Waals surface area (Å²) in [4.78, 5) is 34.9. The van der Waals surface area contributed by atoms with Crippen molar-refractivity contribution in [3.8, 4) is 0 Å². The highest BCUT2D eigenvalue weighted by molar-refractivity contribution is 6.04. The van der Waals surface area contributed by atoms with Gasteiger partial charge in [-0.2, -0.15) is 0 Å². The van der Waals surface area contributed by atoms with E-state index in [1.165, 1.54) is 31.4 Å². The van der Waals surface area contributed by atoms with Gasteiger partial charge in [-0.3, -0.25) is 10.1 Å². The Labute approximate surface area is 148 Å². The smallest absolute Gasteiger partial charge is 0.338 e. The van der Waals surface area contributed by atoms with Gasteiger partial charge in [-0.25, -0.2) is 9.59 Å². The monoisotopic (exact) mass is 353 g/mol. The second-order valence-corrected chi connectivity index (χ2v) is 5.53. The van der Waals surface area contributed by atoms with E-state index in [1.807, 2.05) is 6.07 Å². The quantitative estimate of drug-likeness (QED) is 0.498. The molecule has 0 radical (unpaired) electrons. The lowest BCUT2D eigenvalue weighted by atomic mass is 9.92. The van der Waals surface area contributed by atoms with E-state index in [-0.39, 0.29) is 11.3 Å². The first-order chi connectivity index (χ1) is 12.5. The predicted molar refractivity (Wildman–Crippen MR) is 92.9 cm³/mol. The summed E-state index contributed by atoms with van der Waals surface area (Å²) in [5.41, 5.74) is 1.64. The van der Waals surface area contributed by atoms with Gasteiger partial charge in [0.2, 0.25) is 0 Å². The number of benzene rings is 2. The van der Waals surface area contributed by atoms with Crippen LogP contribution in [0.2, 0.25) is 0 Å². The maximum Gasteiger partial charge on any atom is 0.338 e. The third-order valence-corrected chi connectivity index (χ3v) is 3.98. The van der Waals surface area contributed by atoms with Crippen LogP contribution in [0.3, 0.4) is 0 Å². The number of esters is 1. The van der Waals surface area contributed by atoms with Gasteiger partial charge in [-0.05, 0) is 23.3 Å². The van der Waals surface area contributed by atoms with Crippen LogP contribution in [0.5, 0.6) is 0 Å². The van der Waals surface area contributed by atoms with Gasteiger partial charge >= 0.3 is 12.0 Å². The zero-order valence-corrected chi connectivity index (χ0v) is 13.8. The predicted octanol–water partition coefficient (Wildman–Crippen LogP) is 2.53. The van der Waals surface area contributed by atoms with Crippen LogP contribution < -0.4 is 10.6 Å². The molecule has 2 amide bonds. The average molecular weight is 353 g/mol. The zero-order valence-electron chi connectivity index (χ0n) is 13.8. The van der Waals surface area contributed by atoms with Crippen molar-refractivity contribution in [1.29, 1.82) is 0 Å². The molecule has 2 aromatic rings. The molecule has 132 valence electrons. The molecule has 0 bridgehead atoms. The Kier molecular flexibility index (Phi) is 4.66. The van der Waals surface area contributed by atoms with Gasteiger partial charge in [-0.1, -0.05) is 30.3 Å². The van der Waals surface area contributed by atoms with E-state index in [4.69, 9.17) is 4.74 Å². The topological polar surface area (TPSA) is 111 Å². The van der Waals surface area contributed by atoms with Gasteiger partial charge in [0, 0.05) is 12.1 Å². The summed E-state index contributed by atoms with van der Waals surface area (Å²) < 4.78 is 4.89. The molecular weight excluding hydrogens is 338 g/mol. The third-order valence-electron chi connectivity index (χ3n) is 3.98. The van der Waals surface area contributed by atoms with Crippen LogP contribution in [-0.2, 0) is 9.53 Å². The molecule has 1 unspecified atom stereocenters. The number of nitro groups is 1. The van der Waals surface area contributed by atoms with Crippen molar-refractivity contribution >= 4 is 23.4 Å². The number of nitrogens with one attached hydrogen (secondary N) is 2. The maximum absolute atomic E-state index is 12.4. The van der Waals surface area contributed by atoms with Crippen LogP contribution in [0.15, 0.2) is 60.2 Å². The summed E-state index contributed by atoms with van der Waals surface area (Å²) in [5, 5.41) is 16.2. The highest BCUT2D eigenvalue weighted by Crippen LogP contribution is 2.32. The summed E-state index contributed by atoms with van der Waals surface area (Å²) in [7, 11) is 1.25. The van der Waals surface area contributed by atoms with Gasteiger partial charge in [-0.15, -0.1) is 0 Å². The standard InChI is InChI=1S/C18H15N3O5/c1-26-17(22)14-15(11-5-3-2-4-6-11)19-18(23)20-16(14)12-7-9-13(10-8-12)21(24)25/h2-10,16H,1H3,(H2,19,20,23). The Hall–Kier alpha value is -3.68. The van der Waals surface area contributed by atoms with E-state index in [1.54, 1.807) is 24.3 Å². The number of hydrogen-bond donors (Lipinski definition) is 2. The van der Waals surface area contributed by atoms with Gasteiger partial charge in [0.25, 0.3) is 5.69 Å². The van der Waals surface area contributed by atoms with Crippen LogP contribution in [0.4, 0.5) is 10.5 Å². The molecule has 0 aromatic heterocycles. The Morgan fingerprint density at radius 2 is 1.77 bits per heavy atom. The summed E-state index contributed by atoms with van der Waals surface area (Å²) in [5.74, 6) is -0.611. The maximum atomic E-state index is 12.4. The van der Waals surface area contributed by atoms with Crippen molar-refractivity contribution in [2.45, 2.75) is 6.04 Å². The number of non-ortho nitro benzene ring substituents is 1. The first-order valence-corrected chi connectivity index (χ1v) is 7.71. The van der Waals surface area contributed by atoms with E-state index in [9.17, 15) is 19.7 Å². The zero-order chi connectivity index (χ0) is 18.7. The molecule has 1 aliphatic heterocycles. The van der Waals surface area contributed by atoms with Gasteiger partial charge in [0.1, 0.15) is 0 Å². The Morgan fingerprint density at radius 1 is 1.12 bits per heavy atom. The van der Waals surface area contributed by atoms with Crippen molar-refractivity contribution in [2.24, 2.45) is 0 Å². The minimum absolute atomic E-state index is 0.0825. The number of hydrogen-bond acceptors (Lipinski definition) is 5. The highest BCUT2D eigenvalue weighted by Gasteiger charge is 2.34. The van der Waals surface area contributed by atoms with E-state index in [2.05, 4.69) is 10.6 Å². The molecule has 0 fully saturated rings. The molecule has 0 saturated heterocycles. The molecule has 2 aromatic carbocycles. The fraction of sp³-hybridized carbons (Fsp3) is 0.111. The van der Waals surface area contributed by atoms with Gasteiger partial charge in [0.15, 0.2) is 0 Å². The highest BCUT2D eigenvalue weighted by atomic mass is 16.6. The molecule has 1 aliphatic rings. The lowest BCUT2D eigenvalue weighted by molar-refractivity contribution is -0.384. The molecule has 8 nitrogen and oxygen atoms in total. The van der Waals surface area contributed by atoms with E-state index < -0.39 is 23.0 Å². The summed E-state index contributed by atoms with van der Waals surface area (Å²) >= 11 is 0. The number of amides is 2. The lowest BCUT2D eigenvalue weighted by Crippen LogP contribution is -2.45. The summed E-state index contributed by atoms with van der Waals surface area (Å²) in [6.07, 6.45) is 0. The Morgan fingerprint density at radius 3 is 2.35 bits per heavy atom. The molecule has 26 heavy (non-hydrogen) atoms. The van der Waals surface area contributed by atoms with Gasteiger partial charge < -0.3 is 15.4 Å². The summed E-state index contributed by atoms with van der Waals surface area (Å²) in [6.45, 7) is 0. The summed E-state index contributed by atoms with van der Waals surface area (Å²) in [6, 6.07) is 13.3. The first kappa shape index (κ1) is 17.2. The number of methoxy groups -OCH3 is 1. The molecule has 1 atom stereocenters. The van der Waals surface area contributed by atoms with E-state index in [0.29, 0.717) is 16.8 Å². The first-order valence-electron chi connectivity index (χ1n) is 7.71. The number of nitrogens with zero attached hydrogens (tertiary/aromatic N) is 1. The number of carbonyl (C=O) groups excluding carboxylic acids is 2. The largest absolute Gasteiger partial charge is 0.466 e. The molecule has 2 N–H and O–H groups in total. The molecule has 8 heteroatoms. The average Bonchev–Trinajstić information content (AvgIpc) is 2.67. The number of rotatable bonds is 4. The number of carbonyl (C=O) groups is 2. The molecule has 0 saturated carbocycles. The normalized spacial score (nSPS) is 16.5. The Bertz CT molecular complexity index is 891. The van der Waals surface area contributed by atoms with Crippen LogP contribution in [-0.4, -0.2) is 24.0 Å². The van der Waals surface area contributed by atoms with Crippen molar-refractivity contribution in [2.75, 3.05) is 7.11 Å². The number of ether oxygens (including phenoxy) is 1. The van der Waals surface area contributed by atoms with Crippen molar-refractivity contribution in [3.63, 3.8) is 0 Å². The SMILES string of the molecule is COC(=O)C1=C(c2ccccc2)NC(=O)NC1c1ccc([N+](=O)[O-])cc1. The second-order valence-electron chi connectivity index (χ2n) is 5.53. The van der Waals surface area contributed by atoms with Crippen LogP contribution in [0, 0.1) is 10.1 Å². The fourth-order valence-corrected chi connectivity index (χ4v) is 2.77. The van der Waals surface area contributed by atoms with Crippen LogP contribution >= 0.6 is 0 Å². The van der Waals surface area contributed by atoms with Crippen LogP contribution in [0.25, 0.3) is 5.70 Å².